The summed E-state index contributed by atoms with van der Waals surface area (Å²) >= 11 is 3.42. The molecule has 5 heteroatoms. The number of amides is 1. The second-order valence-electron chi connectivity index (χ2n) is 4.48. The molecule has 0 saturated heterocycles. The Morgan fingerprint density at radius 2 is 2.33 bits per heavy atom. The number of para-hydroxylation sites is 1. The van der Waals surface area contributed by atoms with Gasteiger partial charge >= 0.3 is 0 Å². The Balaban J connectivity index is 2.05. The number of ether oxygens (including phenoxy) is 1. The summed E-state index contributed by atoms with van der Waals surface area (Å²) in [4.78, 5) is 11.8. The average Bonchev–Trinajstić information content (AvgIpc) is 3.15. The molecule has 0 aromatic heterocycles. The highest BCUT2D eigenvalue weighted by Gasteiger charge is 2.26. The molecule has 1 saturated carbocycles. The second kappa shape index (κ2) is 5.71. The highest BCUT2D eigenvalue weighted by Crippen LogP contribution is 2.30. The molecule has 1 fully saturated rings. The number of carbonyl (C=O) groups excluding carboxylic acids is 1. The van der Waals surface area contributed by atoms with Crippen LogP contribution in [0, 0.1) is 0 Å². The summed E-state index contributed by atoms with van der Waals surface area (Å²) in [7, 11) is 0. The minimum atomic E-state index is -0.519. The third kappa shape index (κ3) is 3.23. The van der Waals surface area contributed by atoms with Crippen LogP contribution in [0.4, 0.5) is 0 Å². The number of hydrogen-bond acceptors (Lipinski definition) is 3. The minimum Gasteiger partial charge on any atom is -0.479 e. The van der Waals surface area contributed by atoms with E-state index in [4.69, 9.17) is 10.5 Å². The van der Waals surface area contributed by atoms with Crippen LogP contribution in [0.2, 0.25) is 0 Å². The van der Waals surface area contributed by atoms with Gasteiger partial charge < -0.3 is 15.8 Å². The number of hydrogen-bond donors (Lipinski definition) is 2. The van der Waals surface area contributed by atoms with Crippen molar-refractivity contribution in [3.8, 4) is 5.75 Å². The van der Waals surface area contributed by atoms with Gasteiger partial charge in [-0.15, -0.1) is 0 Å². The lowest BCUT2D eigenvalue weighted by molar-refractivity contribution is -0.127. The maximum atomic E-state index is 11.8. The normalized spacial score (nSPS) is 16.2. The number of benzene rings is 1. The van der Waals surface area contributed by atoms with Gasteiger partial charge in [0.25, 0.3) is 5.91 Å². The van der Waals surface area contributed by atoms with Gasteiger partial charge in [0, 0.05) is 18.2 Å². The molecular formula is C13H17BrN2O2. The summed E-state index contributed by atoms with van der Waals surface area (Å²) in [5.41, 5.74) is 6.55. The molecule has 1 unspecified atom stereocenters. The molecule has 4 nitrogen and oxygen atoms in total. The fourth-order valence-electron chi connectivity index (χ4n) is 1.62. The number of rotatable bonds is 5. The van der Waals surface area contributed by atoms with Crippen LogP contribution in [0.15, 0.2) is 22.7 Å². The molecule has 1 aliphatic rings. The molecule has 98 valence electrons. The van der Waals surface area contributed by atoms with Gasteiger partial charge in [-0.2, -0.15) is 0 Å². The van der Waals surface area contributed by atoms with Crippen LogP contribution in [0.3, 0.4) is 0 Å². The standard InChI is InChI=1S/C13H17BrN2O2/c1-8(13(17)16-10-5-6-10)18-12-9(7-15)3-2-4-11(12)14/h2-4,8,10H,5-7,15H2,1H3,(H,16,17). The fourth-order valence-corrected chi connectivity index (χ4v) is 2.12. The molecule has 0 radical (unpaired) electrons. The van der Waals surface area contributed by atoms with Gasteiger partial charge in [0.1, 0.15) is 5.75 Å². The summed E-state index contributed by atoms with van der Waals surface area (Å²) in [6.07, 6.45) is 1.62. The molecule has 1 amide bonds. The maximum Gasteiger partial charge on any atom is 0.260 e. The van der Waals surface area contributed by atoms with Gasteiger partial charge in [0.15, 0.2) is 6.10 Å². The number of carbonyl (C=O) groups is 1. The summed E-state index contributed by atoms with van der Waals surface area (Å²) in [5, 5.41) is 2.92. The molecule has 18 heavy (non-hydrogen) atoms. The average molecular weight is 313 g/mol. The second-order valence-corrected chi connectivity index (χ2v) is 5.33. The van der Waals surface area contributed by atoms with Crippen LogP contribution in [0.5, 0.6) is 5.75 Å². The lowest BCUT2D eigenvalue weighted by Gasteiger charge is -2.17. The van der Waals surface area contributed by atoms with E-state index in [1.54, 1.807) is 6.92 Å². The fraction of sp³-hybridized carbons (Fsp3) is 0.462. The van der Waals surface area contributed by atoms with E-state index >= 15 is 0 Å². The first-order chi connectivity index (χ1) is 8.61. The number of halogens is 1. The lowest BCUT2D eigenvalue weighted by atomic mass is 10.2. The molecule has 3 N–H and O–H groups in total. The van der Waals surface area contributed by atoms with E-state index in [1.165, 1.54) is 0 Å². The van der Waals surface area contributed by atoms with Gasteiger partial charge in [-0.1, -0.05) is 12.1 Å². The van der Waals surface area contributed by atoms with Crippen molar-refractivity contribution in [2.45, 2.75) is 38.5 Å². The quantitative estimate of drug-likeness (QED) is 0.873. The number of nitrogens with two attached hydrogens (primary N) is 1. The van der Waals surface area contributed by atoms with Crippen molar-refractivity contribution < 1.29 is 9.53 Å². The van der Waals surface area contributed by atoms with Crippen LogP contribution < -0.4 is 15.8 Å². The van der Waals surface area contributed by atoms with Crippen molar-refractivity contribution in [1.82, 2.24) is 5.32 Å². The number of nitrogens with one attached hydrogen (secondary N) is 1. The van der Waals surface area contributed by atoms with E-state index in [9.17, 15) is 4.79 Å². The minimum absolute atomic E-state index is 0.0729. The predicted octanol–water partition coefficient (Wildman–Crippen LogP) is 1.95. The van der Waals surface area contributed by atoms with E-state index in [0.717, 1.165) is 22.9 Å². The van der Waals surface area contributed by atoms with Crippen molar-refractivity contribution in [3.05, 3.63) is 28.2 Å². The Bertz CT molecular complexity index is 447. The van der Waals surface area contributed by atoms with Crippen LogP contribution in [-0.2, 0) is 11.3 Å². The Hall–Kier alpha value is -1.07. The maximum absolute atomic E-state index is 11.8. The van der Waals surface area contributed by atoms with Gasteiger partial charge in [-0.05, 0) is 41.8 Å². The van der Waals surface area contributed by atoms with Crippen molar-refractivity contribution in [2.75, 3.05) is 0 Å². The highest BCUT2D eigenvalue weighted by atomic mass is 79.9. The van der Waals surface area contributed by atoms with Gasteiger partial charge in [-0.25, -0.2) is 0 Å². The molecule has 0 aliphatic heterocycles. The molecule has 2 rings (SSSR count). The highest BCUT2D eigenvalue weighted by molar-refractivity contribution is 9.10. The van der Waals surface area contributed by atoms with E-state index in [0.29, 0.717) is 18.3 Å². The molecule has 0 bridgehead atoms. The SMILES string of the molecule is CC(Oc1c(Br)cccc1CN)C(=O)NC1CC1. The van der Waals surface area contributed by atoms with Gasteiger partial charge in [0.2, 0.25) is 0 Å². The zero-order valence-corrected chi connectivity index (χ0v) is 11.9. The predicted molar refractivity (Wildman–Crippen MR) is 73.3 cm³/mol. The van der Waals surface area contributed by atoms with Crippen LogP contribution in [0.1, 0.15) is 25.3 Å². The first kappa shape index (κ1) is 13.4. The van der Waals surface area contributed by atoms with E-state index < -0.39 is 6.10 Å². The molecule has 0 heterocycles. The van der Waals surface area contributed by atoms with Crippen LogP contribution >= 0.6 is 15.9 Å². The van der Waals surface area contributed by atoms with E-state index in [2.05, 4.69) is 21.2 Å². The first-order valence-electron chi connectivity index (χ1n) is 6.06. The molecule has 1 aliphatic carbocycles. The Morgan fingerprint density at radius 1 is 1.61 bits per heavy atom. The van der Waals surface area contributed by atoms with Crippen molar-refractivity contribution in [3.63, 3.8) is 0 Å². The largest absolute Gasteiger partial charge is 0.479 e. The van der Waals surface area contributed by atoms with Crippen LogP contribution in [-0.4, -0.2) is 18.1 Å². The summed E-state index contributed by atoms with van der Waals surface area (Å²) in [6, 6.07) is 6.01. The van der Waals surface area contributed by atoms with E-state index in [-0.39, 0.29) is 5.91 Å². The lowest BCUT2D eigenvalue weighted by Crippen LogP contribution is -2.37. The smallest absolute Gasteiger partial charge is 0.260 e. The van der Waals surface area contributed by atoms with E-state index in [1.807, 2.05) is 18.2 Å². The van der Waals surface area contributed by atoms with Gasteiger partial charge in [-0.3, -0.25) is 4.79 Å². The Labute approximate surface area is 115 Å². The summed E-state index contributed by atoms with van der Waals surface area (Å²) in [5.74, 6) is 0.578. The molecule has 1 aromatic rings. The monoisotopic (exact) mass is 312 g/mol. The summed E-state index contributed by atoms with van der Waals surface area (Å²) < 4.78 is 6.53. The van der Waals surface area contributed by atoms with Crippen molar-refractivity contribution in [2.24, 2.45) is 5.73 Å². The third-order valence-electron chi connectivity index (χ3n) is 2.86. The van der Waals surface area contributed by atoms with Crippen LogP contribution in [0.25, 0.3) is 0 Å². The molecule has 1 aromatic carbocycles. The first-order valence-corrected chi connectivity index (χ1v) is 6.85. The Kier molecular flexibility index (Phi) is 4.24. The molecule has 0 spiro atoms. The van der Waals surface area contributed by atoms with Crippen molar-refractivity contribution in [1.29, 1.82) is 0 Å². The van der Waals surface area contributed by atoms with Crippen molar-refractivity contribution >= 4 is 21.8 Å². The van der Waals surface area contributed by atoms with Gasteiger partial charge in [0.05, 0.1) is 4.47 Å². The summed E-state index contributed by atoms with van der Waals surface area (Å²) in [6.45, 7) is 2.13. The third-order valence-corrected chi connectivity index (χ3v) is 3.48. The Morgan fingerprint density at radius 3 is 2.94 bits per heavy atom. The topological polar surface area (TPSA) is 64.3 Å². The molecular weight excluding hydrogens is 296 g/mol. The molecule has 1 atom stereocenters. The zero-order valence-electron chi connectivity index (χ0n) is 10.3. The zero-order chi connectivity index (χ0) is 13.1.